The third-order valence-corrected chi connectivity index (χ3v) is 3.07. The molecule has 0 aliphatic rings. The Labute approximate surface area is 120 Å². The highest BCUT2D eigenvalue weighted by atomic mass is 35.5. The second kappa shape index (κ2) is 8.15. The summed E-state index contributed by atoms with van der Waals surface area (Å²) in [5.41, 5.74) is 0. The summed E-state index contributed by atoms with van der Waals surface area (Å²) in [6, 6.07) is 0.310. The van der Waals surface area contributed by atoms with Gasteiger partial charge in [-0.2, -0.15) is 15.0 Å². The van der Waals surface area contributed by atoms with Gasteiger partial charge in [-0.15, -0.1) is 0 Å². The molecule has 0 aliphatic heterocycles. The van der Waals surface area contributed by atoms with Gasteiger partial charge in [0.1, 0.15) is 0 Å². The van der Waals surface area contributed by atoms with Crippen LogP contribution in [0.2, 0.25) is 5.28 Å². The normalized spacial score (nSPS) is 12.3. The molecular weight excluding hydrogens is 264 g/mol. The summed E-state index contributed by atoms with van der Waals surface area (Å²) in [6.07, 6.45) is 2.27. The molecule has 0 aromatic carbocycles. The number of aromatic nitrogens is 3. The van der Waals surface area contributed by atoms with Gasteiger partial charge in [-0.25, -0.2) is 0 Å². The van der Waals surface area contributed by atoms with Crippen molar-refractivity contribution in [1.29, 1.82) is 0 Å². The summed E-state index contributed by atoms with van der Waals surface area (Å²) in [5.74, 6) is 1.06. The summed E-state index contributed by atoms with van der Waals surface area (Å²) < 4.78 is 5.61. The van der Waals surface area contributed by atoms with E-state index in [9.17, 15) is 0 Å². The molecule has 5 nitrogen and oxygen atoms in total. The molecule has 1 heterocycles. The lowest BCUT2D eigenvalue weighted by molar-refractivity contribution is 0.233. The lowest BCUT2D eigenvalue weighted by atomic mass is 10.1. The number of rotatable bonds is 8. The average molecular weight is 287 g/mol. The zero-order valence-corrected chi connectivity index (χ0v) is 12.9. The van der Waals surface area contributed by atoms with Crippen LogP contribution in [0.4, 0.5) is 5.95 Å². The van der Waals surface area contributed by atoms with E-state index in [0.717, 1.165) is 25.9 Å². The number of anilines is 1. The molecule has 108 valence electrons. The maximum atomic E-state index is 5.92. The fourth-order valence-corrected chi connectivity index (χ4v) is 1.98. The van der Waals surface area contributed by atoms with Crippen LogP contribution >= 0.6 is 11.6 Å². The van der Waals surface area contributed by atoms with Crippen LogP contribution in [0.5, 0.6) is 6.01 Å². The molecule has 0 spiro atoms. The largest absolute Gasteiger partial charge is 0.463 e. The molecule has 0 saturated heterocycles. The lowest BCUT2D eigenvalue weighted by Gasteiger charge is -2.19. The third-order valence-electron chi connectivity index (χ3n) is 2.90. The minimum atomic E-state index is 0.176. The van der Waals surface area contributed by atoms with E-state index in [-0.39, 0.29) is 5.28 Å². The Balaban J connectivity index is 2.73. The lowest BCUT2D eigenvalue weighted by Crippen LogP contribution is -2.25. The van der Waals surface area contributed by atoms with Gasteiger partial charge in [0, 0.05) is 13.1 Å². The van der Waals surface area contributed by atoms with Gasteiger partial charge in [0.25, 0.3) is 0 Å². The van der Waals surface area contributed by atoms with Gasteiger partial charge in [-0.3, -0.25) is 0 Å². The molecule has 1 atom stereocenters. The first-order valence-electron chi connectivity index (χ1n) is 6.89. The summed E-state index contributed by atoms with van der Waals surface area (Å²) in [7, 11) is 0. The van der Waals surface area contributed by atoms with Crippen LogP contribution in [-0.2, 0) is 0 Å². The Bertz CT molecular complexity index is 385. The maximum Gasteiger partial charge on any atom is 0.322 e. The smallest absolute Gasteiger partial charge is 0.322 e. The second-order valence-corrected chi connectivity index (χ2v) is 4.90. The molecule has 0 radical (unpaired) electrons. The molecule has 0 aliphatic carbocycles. The van der Waals surface area contributed by atoms with Gasteiger partial charge in [-0.05, 0) is 37.8 Å². The molecule has 1 aromatic heterocycles. The van der Waals surface area contributed by atoms with Gasteiger partial charge in [0.15, 0.2) is 0 Å². The van der Waals surface area contributed by atoms with Crippen LogP contribution in [-0.4, -0.2) is 34.6 Å². The fourth-order valence-electron chi connectivity index (χ4n) is 1.83. The number of hydrogen-bond donors (Lipinski definition) is 0. The average Bonchev–Trinajstić information content (AvgIpc) is 2.38. The zero-order valence-electron chi connectivity index (χ0n) is 12.2. The molecule has 0 saturated carbocycles. The Hall–Kier alpha value is -1.10. The summed E-state index contributed by atoms with van der Waals surface area (Å²) in [6.45, 7) is 10.7. The minimum absolute atomic E-state index is 0.176. The highest BCUT2D eigenvalue weighted by Gasteiger charge is 2.11. The van der Waals surface area contributed by atoms with Crippen LogP contribution < -0.4 is 9.64 Å². The van der Waals surface area contributed by atoms with E-state index < -0.39 is 0 Å². The van der Waals surface area contributed by atoms with Gasteiger partial charge in [-0.1, -0.05) is 20.3 Å². The van der Waals surface area contributed by atoms with E-state index in [2.05, 4.69) is 28.8 Å². The van der Waals surface area contributed by atoms with Crippen molar-refractivity contribution in [1.82, 2.24) is 15.0 Å². The summed E-state index contributed by atoms with van der Waals surface area (Å²) >= 11 is 5.92. The first-order valence-corrected chi connectivity index (χ1v) is 7.27. The van der Waals surface area contributed by atoms with Crippen LogP contribution in [0.3, 0.4) is 0 Å². The van der Waals surface area contributed by atoms with Crippen molar-refractivity contribution >= 4 is 17.5 Å². The fraction of sp³-hybridized carbons (Fsp3) is 0.769. The highest BCUT2D eigenvalue weighted by molar-refractivity contribution is 6.28. The molecule has 0 amide bonds. The van der Waals surface area contributed by atoms with E-state index in [1.165, 1.54) is 0 Å². The van der Waals surface area contributed by atoms with Gasteiger partial charge < -0.3 is 9.64 Å². The van der Waals surface area contributed by atoms with Gasteiger partial charge >= 0.3 is 6.01 Å². The predicted molar refractivity (Wildman–Crippen MR) is 78.0 cm³/mol. The standard InChI is InChI=1S/C13H23ClN4O/c1-5-8-10(4)9-19-13-16-11(14)15-12(17-13)18(6-2)7-3/h10H,5-9H2,1-4H3. The first-order chi connectivity index (χ1) is 9.10. The van der Waals surface area contributed by atoms with Crippen LogP contribution in [0.1, 0.15) is 40.5 Å². The third kappa shape index (κ3) is 5.19. The Morgan fingerprint density at radius 3 is 2.42 bits per heavy atom. The number of ether oxygens (including phenoxy) is 1. The van der Waals surface area contributed by atoms with Crippen molar-refractivity contribution in [3.63, 3.8) is 0 Å². The van der Waals surface area contributed by atoms with E-state index in [1.807, 2.05) is 18.7 Å². The van der Waals surface area contributed by atoms with E-state index >= 15 is 0 Å². The quantitative estimate of drug-likeness (QED) is 0.734. The molecular formula is C13H23ClN4O. The molecule has 1 rings (SSSR count). The van der Waals surface area contributed by atoms with Gasteiger partial charge in [0.2, 0.25) is 11.2 Å². The molecule has 0 fully saturated rings. The molecule has 19 heavy (non-hydrogen) atoms. The number of hydrogen-bond acceptors (Lipinski definition) is 5. The summed E-state index contributed by atoms with van der Waals surface area (Å²) in [4.78, 5) is 14.5. The van der Waals surface area contributed by atoms with Crippen molar-refractivity contribution < 1.29 is 4.74 Å². The van der Waals surface area contributed by atoms with Crippen molar-refractivity contribution in [2.75, 3.05) is 24.6 Å². The number of halogens is 1. The number of nitrogens with zero attached hydrogens (tertiary/aromatic N) is 4. The van der Waals surface area contributed by atoms with Crippen LogP contribution in [0.15, 0.2) is 0 Å². The Kier molecular flexibility index (Phi) is 6.84. The highest BCUT2D eigenvalue weighted by Crippen LogP contribution is 2.16. The first kappa shape index (κ1) is 16.0. The van der Waals surface area contributed by atoms with Crippen LogP contribution in [0.25, 0.3) is 0 Å². The van der Waals surface area contributed by atoms with E-state index in [4.69, 9.17) is 16.3 Å². The SMILES string of the molecule is CCCC(C)COc1nc(Cl)nc(N(CC)CC)n1. The Morgan fingerprint density at radius 1 is 1.16 bits per heavy atom. The topological polar surface area (TPSA) is 51.1 Å². The zero-order chi connectivity index (χ0) is 14.3. The molecule has 1 unspecified atom stereocenters. The molecule has 0 bridgehead atoms. The van der Waals surface area contributed by atoms with E-state index in [1.54, 1.807) is 0 Å². The van der Waals surface area contributed by atoms with Crippen molar-refractivity contribution in [2.45, 2.75) is 40.5 Å². The van der Waals surface area contributed by atoms with Gasteiger partial charge in [0.05, 0.1) is 6.61 Å². The minimum Gasteiger partial charge on any atom is -0.463 e. The van der Waals surface area contributed by atoms with Crippen LogP contribution in [0, 0.1) is 5.92 Å². The second-order valence-electron chi connectivity index (χ2n) is 4.56. The van der Waals surface area contributed by atoms with Crippen molar-refractivity contribution in [3.05, 3.63) is 5.28 Å². The van der Waals surface area contributed by atoms with Crippen molar-refractivity contribution in [3.8, 4) is 6.01 Å². The predicted octanol–water partition coefficient (Wildman–Crippen LogP) is 3.19. The monoisotopic (exact) mass is 286 g/mol. The molecule has 6 heteroatoms. The Morgan fingerprint density at radius 2 is 1.84 bits per heavy atom. The van der Waals surface area contributed by atoms with E-state index in [0.29, 0.717) is 24.5 Å². The van der Waals surface area contributed by atoms with Crippen molar-refractivity contribution in [2.24, 2.45) is 5.92 Å². The summed E-state index contributed by atoms with van der Waals surface area (Å²) in [5, 5.41) is 0.176. The maximum absolute atomic E-state index is 5.92. The molecule has 0 N–H and O–H groups in total. The molecule has 1 aromatic rings.